The highest BCUT2D eigenvalue weighted by atomic mass is 19.2. The number of hydrogen-bond acceptors (Lipinski definition) is 3. The van der Waals surface area contributed by atoms with Crippen molar-refractivity contribution in [2.45, 2.75) is 13.8 Å². The van der Waals surface area contributed by atoms with Gasteiger partial charge in [0.1, 0.15) is 11.4 Å². The molecule has 2 aromatic rings. The third-order valence-electron chi connectivity index (χ3n) is 3.09. The van der Waals surface area contributed by atoms with E-state index >= 15 is 0 Å². The second-order valence-electron chi connectivity index (χ2n) is 4.77. The zero-order valence-electron chi connectivity index (χ0n) is 12.0. The fourth-order valence-corrected chi connectivity index (χ4v) is 1.84. The number of anilines is 1. The molecule has 23 heavy (non-hydrogen) atoms. The van der Waals surface area contributed by atoms with E-state index < -0.39 is 34.8 Å². The van der Waals surface area contributed by atoms with E-state index in [0.29, 0.717) is 0 Å². The molecule has 0 heterocycles. The van der Waals surface area contributed by atoms with E-state index in [1.54, 1.807) is 19.1 Å². The summed E-state index contributed by atoms with van der Waals surface area (Å²) in [6.07, 6.45) is 0. The quantitative estimate of drug-likeness (QED) is 0.291. The Balaban J connectivity index is 2.42. The highest BCUT2D eigenvalue weighted by molar-refractivity contribution is 6.01. The molecule has 2 N–H and O–H groups in total. The number of nitrogens with one attached hydrogen (secondary N) is 1. The summed E-state index contributed by atoms with van der Waals surface area (Å²) in [6, 6.07) is 4.57. The van der Waals surface area contributed by atoms with Crippen LogP contribution in [0, 0.1) is 36.0 Å². The maximum atomic E-state index is 13.5. The van der Waals surface area contributed by atoms with Crippen molar-refractivity contribution in [2.24, 2.45) is 5.10 Å². The number of halogens is 5. The number of phenols is 1. The van der Waals surface area contributed by atoms with Crippen LogP contribution in [0.15, 0.2) is 23.3 Å². The van der Waals surface area contributed by atoms with Gasteiger partial charge in [0.25, 0.3) is 0 Å². The van der Waals surface area contributed by atoms with Gasteiger partial charge in [-0.15, -0.1) is 0 Å². The van der Waals surface area contributed by atoms with Crippen LogP contribution in [0.2, 0.25) is 0 Å². The maximum absolute atomic E-state index is 13.5. The molecular weight excluding hydrogens is 319 g/mol. The minimum atomic E-state index is -2.25. The average molecular weight is 330 g/mol. The molecule has 0 fully saturated rings. The van der Waals surface area contributed by atoms with E-state index in [4.69, 9.17) is 0 Å². The zero-order valence-corrected chi connectivity index (χ0v) is 12.0. The van der Waals surface area contributed by atoms with Crippen molar-refractivity contribution in [3.8, 4) is 5.75 Å². The summed E-state index contributed by atoms with van der Waals surface area (Å²) in [7, 11) is 0. The van der Waals surface area contributed by atoms with Crippen molar-refractivity contribution in [3.63, 3.8) is 0 Å². The van der Waals surface area contributed by atoms with Gasteiger partial charge in [0.2, 0.25) is 5.82 Å². The summed E-state index contributed by atoms with van der Waals surface area (Å²) >= 11 is 0. The van der Waals surface area contributed by atoms with E-state index in [1.807, 2.05) is 5.43 Å². The molecule has 2 rings (SSSR count). The number of hydrogen-bond donors (Lipinski definition) is 2. The Labute approximate surface area is 128 Å². The standard InChI is InChI=1S/C15H11F5N2O/c1-6-3-4-9(23)8(5-6)7(2)21-22-15-13(19)11(17)10(16)12(18)14(15)20/h3-5,22-23H,1-2H3/b21-7+. The van der Waals surface area contributed by atoms with E-state index in [9.17, 15) is 27.1 Å². The number of aromatic hydroxyl groups is 1. The first kappa shape index (κ1) is 16.7. The molecule has 0 saturated heterocycles. The first-order valence-corrected chi connectivity index (χ1v) is 6.35. The molecule has 122 valence electrons. The van der Waals surface area contributed by atoms with Crippen LogP contribution < -0.4 is 5.43 Å². The number of nitrogens with zero attached hydrogens (tertiary/aromatic N) is 1. The number of rotatable bonds is 3. The zero-order chi connectivity index (χ0) is 17.3. The van der Waals surface area contributed by atoms with Gasteiger partial charge in [0.05, 0.1) is 5.71 Å². The van der Waals surface area contributed by atoms with Gasteiger partial charge < -0.3 is 5.11 Å². The normalized spacial score (nSPS) is 11.7. The minimum Gasteiger partial charge on any atom is -0.507 e. The highest BCUT2D eigenvalue weighted by Crippen LogP contribution is 2.27. The van der Waals surface area contributed by atoms with Crippen LogP contribution in [-0.4, -0.2) is 10.8 Å². The summed E-state index contributed by atoms with van der Waals surface area (Å²) in [6.45, 7) is 3.14. The van der Waals surface area contributed by atoms with Crippen LogP contribution in [0.5, 0.6) is 5.75 Å². The summed E-state index contributed by atoms with van der Waals surface area (Å²) in [5.74, 6) is -10.6. The molecule has 0 spiro atoms. The molecule has 0 amide bonds. The summed E-state index contributed by atoms with van der Waals surface area (Å²) < 4.78 is 66.1. The monoisotopic (exact) mass is 330 g/mol. The molecular formula is C15H11F5N2O. The molecule has 0 aliphatic heterocycles. The van der Waals surface area contributed by atoms with E-state index in [1.165, 1.54) is 13.0 Å². The molecule has 2 aromatic carbocycles. The van der Waals surface area contributed by atoms with Crippen LogP contribution in [0.4, 0.5) is 27.6 Å². The first-order valence-electron chi connectivity index (χ1n) is 6.35. The van der Waals surface area contributed by atoms with Crippen molar-refractivity contribution >= 4 is 11.4 Å². The molecule has 0 bridgehead atoms. The van der Waals surface area contributed by atoms with E-state index in [-0.39, 0.29) is 17.0 Å². The maximum Gasteiger partial charge on any atom is 0.200 e. The Hall–Kier alpha value is -2.64. The third-order valence-corrected chi connectivity index (χ3v) is 3.09. The Morgan fingerprint density at radius 1 is 0.957 bits per heavy atom. The second kappa shape index (κ2) is 6.23. The van der Waals surface area contributed by atoms with E-state index in [2.05, 4.69) is 5.10 Å². The molecule has 0 unspecified atom stereocenters. The summed E-state index contributed by atoms with van der Waals surface area (Å²) in [4.78, 5) is 0. The number of hydrazone groups is 1. The lowest BCUT2D eigenvalue weighted by molar-refractivity contribution is 0.381. The minimum absolute atomic E-state index is 0.0927. The average Bonchev–Trinajstić information content (AvgIpc) is 2.53. The lowest BCUT2D eigenvalue weighted by Crippen LogP contribution is -2.08. The predicted molar refractivity (Wildman–Crippen MR) is 74.9 cm³/mol. The summed E-state index contributed by atoms with van der Waals surface area (Å²) in [5.41, 5.74) is 1.67. The lowest BCUT2D eigenvalue weighted by atomic mass is 10.1. The molecule has 3 nitrogen and oxygen atoms in total. The SMILES string of the molecule is C/C(=N\Nc1c(F)c(F)c(F)c(F)c1F)c1cc(C)ccc1O. The van der Waals surface area contributed by atoms with Crippen molar-refractivity contribution in [1.29, 1.82) is 0 Å². The van der Waals surface area contributed by atoms with E-state index in [0.717, 1.165) is 5.56 Å². The largest absolute Gasteiger partial charge is 0.507 e. The van der Waals surface area contributed by atoms with Gasteiger partial charge in [-0.25, -0.2) is 22.0 Å². The molecule has 0 saturated carbocycles. The highest BCUT2D eigenvalue weighted by Gasteiger charge is 2.25. The Bertz CT molecular complexity index is 776. The molecule has 0 aliphatic carbocycles. The fraction of sp³-hybridized carbons (Fsp3) is 0.133. The second-order valence-corrected chi connectivity index (χ2v) is 4.77. The molecule has 0 atom stereocenters. The molecule has 0 aliphatic rings. The molecule has 0 aromatic heterocycles. The van der Waals surface area contributed by atoms with Gasteiger partial charge >= 0.3 is 0 Å². The van der Waals surface area contributed by atoms with Gasteiger partial charge in [0, 0.05) is 5.56 Å². The number of benzene rings is 2. The van der Waals surface area contributed by atoms with Gasteiger partial charge in [-0.05, 0) is 26.0 Å². The first-order chi connectivity index (χ1) is 10.7. The van der Waals surface area contributed by atoms with Crippen LogP contribution in [0.25, 0.3) is 0 Å². The van der Waals surface area contributed by atoms with Crippen LogP contribution >= 0.6 is 0 Å². The Morgan fingerprint density at radius 2 is 1.48 bits per heavy atom. The summed E-state index contributed by atoms with van der Waals surface area (Å²) in [5, 5.41) is 13.3. The topological polar surface area (TPSA) is 44.6 Å². The lowest BCUT2D eigenvalue weighted by Gasteiger charge is -2.09. The number of aryl methyl sites for hydroxylation is 1. The molecule has 8 heteroatoms. The van der Waals surface area contributed by atoms with Crippen LogP contribution in [0.1, 0.15) is 18.1 Å². The van der Waals surface area contributed by atoms with Gasteiger partial charge in [-0.1, -0.05) is 11.6 Å². The third kappa shape index (κ3) is 3.10. The molecule has 0 radical (unpaired) electrons. The van der Waals surface area contributed by atoms with Crippen LogP contribution in [0.3, 0.4) is 0 Å². The smallest absolute Gasteiger partial charge is 0.200 e. The Kier molecular flexibility index (Phi) is 4.53. The van der Waals surface area contributed by atoms with Gasteiger partial charge in [0.15, 0.2) is 23.3 Å². The fourth-order valence-electron chi connectivity index (χ4n) is 1.84. The van der Waals surface area contributed by atoms with Gasteiger partial charge in [-0.2, -0.15) is 5.10 Å². The Morgan fingerprint density at radius 3 is 2.04 bits per heavy atom. The predicted octanol–water partition coefficient (Wildman–Crippen LogP) is 4.23. The van der Waals surface area contributed by atoms with Crippen molar-refractivity contribution in [1.82, 2.24) is 0 Å². The van der Waals surface area contributed by atoms with Gasteiger partial charge in [-0.3, -0.25) is 5.43 Å². The van der Waals surface area contributed by atoms with Crippen molar-refractivity contribution in [3.05, 3.63) is 58.4 Å². The van der Waals surface area contributed by atoms with Crippen LogP contribution in [-0.2, 0) is 0 Å². The number of phenolic OH excluding ortho intramolecular Hbond substituents is 1. The van der Waals surface area contributed by atoms with Crippen molar-refractivity contribution in [2.75, 3.05) is 5.43 Å². The van der Waals surface area contributed by atoms with Crippen molar-refractivity contribution < 1.29 is 27.1 Å².